The number of esters is 1. The molecule has 1 aromatic heterocycles. The molecule has 1 aromatic carbocycles. The fourth-order valence-corrected chi connectivity index (χ4v) is 2.37. The molecule has 0 radical (unpaired) electrons. The average Bonchev–Trinajstić information content (AvgIpc) is 3.17. The topological polar surface area (TPSA) is 61.0 Å². The number of ether oxygens (including phenoxy) is 2. The van der Waals surface area contributed by atoms with Crippen LogP contribution in [0.2, 0.25) is 0 Å². The minimum Gasteiger partial charge on any atom is -0.496 e. The van der Waals surface area contributed by atoms with Crippen molar-refractivity contribution in [3.63, 3.8) is 0 Å². The number of nitrogens with zero attached hydrogens (tertiary/aromatic N) is 1. The SMILES string of the molecule is COc1ccc(/C=C2/N=C(c3ccco3)OC2=O)cc1C(C)C. The van der Waals surface area contributed by atoms with Gasteiger partial charge in [0.15, 0.2) is 11.5 Å². The van der Waals surface area contributed by atoms with Gasteiger partial charge in [0.05, 0.1) is 13.4 Å². The minimum absolute atomic E-state index is 0.184. The van der Waals surface area contributed by atoms with Crippen LogP contribution in [0.4, 0.5) is 0 Å². The summed E-state index contributed by atoms with van der Waals surface area (Å²) >= 11 is 0. The van der Waals surface area contributed by atoms with E-state index in [1.165, 1.54) is 6.26 Å². The smallest absolute Gasteiger partial charge is 0.363 e. The second-order valence-electron chi connectivity index (χ2n) is 5.47. The maximum absolute atomic E-state index is 12.0. The second kappa shape index (κ2) is 6.12. The Labute approximate surface area is 134 Å². The van der Waals surface area contributed by atoms with Gasteiger partial charge in [0.1, 0.15) is 5.75 Å². The summed E-state index contributed by atoms with van der Waals surface area (Å²) in [6, 6.07) is 9.17. The number of aliphatic imine (C=N–C) groups is 1. The van der Waals surface area contributed by atoms with Gasteiger partial charge >= 0.3 is 5.97 Å². The van der Waals surface area contributed by atoms with Crippen molar-refractivity contribution in [2.75, 3.05) is 7.11 Å². The van der Waals surface area contributed by atoms with Crippen LogP contribution in [0.1, 0.15) is 36.7 Å². The predicted molar refractivity (Wildman–Crippen MR) is 86.4 cm³/mol. The summed E-state index contributed by atoms with van der Waals surface area (Å²) in [5, 5.41) is 0. The molecule has 2 heterocycles. The second-order valence-corrected chi connectivity index (χ2v) is 5.47. The highest BCUT2D eigenvalue weighted by Gasteiger charge is 2.25. The third-order valence-corrected chi connectivity index (χ3v) is 3.53. The van der Waals surface area contributed by atoms with Crippen LogP contribution in [0.15, 0.2) is 51.7 Å². The number of rotatable bonds is 4. The van der Waals surface area contributed by atoms with E-state index in [2.05, 4.69) is 18.8 Å². The number of benzene rings is 1. The predicted octanol–water partition coefficient (Wildman–Crippen LogP) is 3.76. The van der Waals surface area contributed by atoms with Gasteiger partial charge in [-0.2, -0.15) is 0 Å². The van der Waals surface area contributed by atoms with Crippen molar-refractivity contribution in [1.29, 1.82) is 0 Å². The molecule has 23 heavy (non-hydrogen) atoms. The Kier molecular flexibility index (Phi) is 4.02. The van der Waals surface area contributed by atoms with Crippen molar-refractivity contribution in [3.05, 3.63) is 59.2 Å². The highest BCUT2D eigenvalue weighted by molar-refractivity contribution is 6.11. The highest BCUT2D eigenvalue weighted by atomic mass is 16.6. The standard InChI is InChI=1S/C18H17NO4/c1-11(2)13-9-12(6-7-15(13)21-3)10-14-18(20)23-17(19-14)16-5-4-8-22-16/h4-11H,1-3H3/b14-10+. The van der Waals surface area contributed by atoms with Crippen molar-refractivity contribution < 1.29 is 18.7 Å². The fraction of sp³-hybridized carbons (Fsp3) is 0.222. The lowest BCUT2D eigenvalue weighted by molar-refractivity contribution is -0.130. The molecule has 1 aliphatic heterocycles. The molecule has 0 aliphatic carbocycles. The van der Waals surface area contributed by atoms with Crippen LogP contribution in [-0.4, -0.2) is 19.0 Å². The monoisotopic (exact) mass is 311 g/mol. The summed E-state index contributed by atoms with van der Waals surface area (Å²) in [6.07, 6.45) is 3.20. The molecule has 5 nitrogen and oxygen atoms in total. The van der Waals surface area contributed by atoms with Crippen LogP contribution < -0.4 is 4.74 Å². The Morgan fingerprint density at radius 2 is 2.09 bits per heavy atom. The third kappa shape index (κ3) is 3.04. The largest absolute Gasteiger partial charge is 0.496 e. The van der Waals surface area contributed by atoms with Gasteiger partial charge in [-0.05, 0) is 47.4 Å². The van der Waals surface area contributed by atoms with Crippen molar-refractivity contribution in [3.8, 4) is 5.75 Å². The van der Waals surface area contributed by atoms with E-state index in [1.54, 1.807) is 25.3 Å². The quantitative estimate of drug-likeness (QED) is 0.637. The van der Waals surface area contributed by atoms with Crippen LogP contribution >= 0.6 is 0 Å². The Hall–Kier alpha value is -2.82. The summed E-state index contributed by atoms with van der Waals surface area (Å²) in [4.78, 5) is 16.2. The first-order valence-electron chi connectivity index (χ1n) is 7.33. The summed E-state index contributed by atoms with van der Waals surface area (Å²) in [6.45, 7) is 4.18. The normalized spacial score (nSPS) is 15.9. The van der Waals surface area contributed by atoms with E-state index in [-0.39, 0.29) is 11.6 Å². The van der Waals surface area contributed by atoms with Crippen LogP contribution in [0.25, 0.3) is 6.08 Å². The molecule has 0 atom stereocenters. The molecule has 2 aromatic rings. The van der Waals surface area contributed by atoms with E-state index in [0.29, 0.717) is 11.7 Å². The minimum atomic E-state index is -0.488. The number of methoxy groups -OCH3 is 1. The zero-order valence-electron chi connectivity index (χ0n) is 13.2. The average molecular weight is 311 g/mol. The summed E-state index contributed by atoms with van der Waals surface area (Å²) in [7, 11) is 1.65. The van der Waals surface area contributed by atoms with Gasteiger partial charge in [-0.1, -0.05) is 19.9 Å². The van der Waals surface area contributed by atoms with Gasteiger partial charge in [0.2, 0.25) is 0 Å². The number of carbonyl (C=O) groups excluding carboxylic acids is 1. The van der Waals surface area contributed by atoms with E-state index in [9.17, 15) is 4.79 Å². The number of cyclic esters (lactones) is 1. The lowest BCUT2D eigenvalue weighted by Crippen LogP contribution is -2.04. The summed E-state index contributed by atoms with van der Waals surface area (Å²) in [5.41, 5.74) is 2.19. The first-order chi connectivity index (χ1) is 11.1. The Bertz CT molecular complexity index is 785. The molecular weight excluding hydrogens is 294 g/mol. The molecule has 0 saturated carbocycles. The molecule has 0 bridgehead atoms. The molecule has 0 N–H and O–H groups in total. The molecule has 118 valence electrons. The summed E-state index contributed by atoms with van der Waals surface area (Å²) in [5.74, 6) is 1.26. The van der Waals surface area contributed by atoms with E-state index < -0.39 is 5.97 Å². The fourth-order valence-electron chi connectivity index (χ4n) is 2.37. The van der Waals surface area contributed by atoms with E-state index in [0.717, 1.165) is 16.9 Å². The number of carbonyl (C=O) groups is 1. The lowest BCUT2D eigenvalue weighted by Gasteiger charge is -2.12. The number of hydrogen-bond donors (Lipinski definition) is 0. The molecule has 0 amide bonds. The zero-order chi connectivity index (χ0) is 16.4. The molecule has 0 saturated heterocycles. The van der Waals surface area contributed by atoms with E-state index in [1.807, 2.05) is 18.2 Å². The van der Waals surface area contributed by atoms with Crippen LogP contribution in [-0.2, 0) is 9.53 Å². The summed E-state index contributed by atoms with van der Waals surface area (Å²) < 4.78 is 15.7. The van der Waals surface area contributed by atoms with Gasteiger partial charge in [0.25, 0.3) is 5.90 Å². The molecule has 3 rings (SSSR count). The van der Waals surface area contributed by atoms with Crippen molar-refractivity contribution in [2.24, 2.45) is 4.99 Å². The Morgan fingerprint density at radius 3 is 2.74 bits per heavy atom. The van der Waals surface area contributed by atoms with Gasteiger partial charge < -0.3 is 13.9 Å². The van der Waals surface area contributed by atoms with E-state index >= 15 is 0 Å². The molecule has 0 unspecified atom stereocenters. The van der Waals surface area contributed by atoms with Crippen molar-refractivity contribution in [2.45, 2.75) is 19.8 Å². The van der Waals surface area contributed by atoms with Crippen molar-refractivity contribution in [1.82, 2.24) is 0 Å². The van der Waals surface area contributed by atoms with Gasteiger partial charge in [0, 0.05) is 0 Å². The first kappa shape index (κ1) is 15.1. The van der Waals surface area contributed by atoms with Crippen LogP contribution in [0, 0.1) is 0 Å². The Balaban J connectivity index is 1.95. The van der Waals surface area contributed by atoms with E-state index in [4.69, 9.17) is 13.9 Å². The molecule has 1 aliphatic rings. The van der Waals surface area contributed by atoms with Crippen molar-refractivity contribution >= 4 is 17.9 Å². The van der Waals surface area contributed by atoms with Crippen LogP contribution in [0.3, 0.4) is 0 Å². The first-order valence-corrected chi connectivity index (χ1v) is 7.33. The van der Waals surface area contributed by atoms with Gasteiger partial charge in [-0.15, -0.1) is 0 Å². The maximum Gasteiger partial charge on any atom is 0.363 e. The van der Waals surface area contributed by atoms with Crippen LogP contribution in [0.5, 0.6) is 5.75 Å². The molecule has 0 fully saturated rings. The molecular formula is C18H17NO4. The van der Waals surface area contributed by atoms with Gasteiger partial charge in [-0.3, -0.25) is 0 Å². The highest BCUT2D eigenvalue weighted by Crippen LogP contribution is 2.29. The maximum atomic E-state index is 12.0. The molecule has 5 heteroatoms. The molecule has 0 spiro atoms. The number of furan rings is 1. The lowest BCUT2D eigenvalue weighted by atomic mass is 9.99. The number of hydrogen-bond acceptors (Lipinski definition) is 5. The Morgan fingerprint density at radius 1 is 1.26 bits per heavy atom. The third-order valence-electron chi connectivity index (χ3n) is 3.53. The van der Waals surface area contributed by atoms with Gasteiger partial charge in [-0.25, -0.2) is 9.79 Å². The zero-order valence-corrected chi connectivity index (χ0v) is 13.2.